The van der Waals surface area contributed by atoms with Gasteiger partial charge in [0.15, 0.2) is 14.1 Å². The molecule has 3 nitrogen and oxygen atoms in total. The zero-order chi connectivity index (χ0) is 22.5. The van der Waals surface area contributed by atoms with Gasteiger partial charge in [0.1, 0.15) is 6.10 Å². The summed E-state index contributed by atoms with van der Waals surface area (Å²) in [5.41, 5.74) is 0. The van der Waals surface area contributed by atoms with Gasteiger partial charge >= 0.3 is 18.0 Å². The van der Waals surface area contributed by atoms with E-state index in [2.05, 4.69) is 0 Å². The Morgan fingerprint density at radius 3 is 1.72 bits per heavy atom. The van der Waals surface area contributed by atoms with Crippen LogP contribution in [0.4, 0.5) is 30.7 Å². The van der Waals surface area contributed by atoms with Crippen LogP contribution in [0.2, 0.25) is 18.1 Å². The highest BCUT2D eigenvalue weighted by molar-refractivity contribution is 6.74. The van der Waals surface area contributed by atoms with Gasteiger partial charge < -0.3 is 13.9 Å². The number of hydrogen-bond acceptors (Lipinski definition) is 3. The van der Waals surface area contributed by atoms with E-state index in [-0.39, 0.29) is 25.7 Å². The van der Waals surface area contributed by atoms with Crippen molar-refractivity contribution in [3.63, 3.8) is 0 Å². The molecule has 172 valence electrons. The summed E-state index contributed by atoms with van der Waals surface area (Å²) in [6, 6.07) is 0. The van der Waals surface area contributed by atoms with Crippen LogP contribution in [0.15, 0.2) is 0 Å². The molecule has 1 aliphatic heterocycles. The van der Waals surface area contributed by atoms with E-state index in [9.17, 15) is 30.7 Å². The summed E-state index contributed by atoms with van der Waals surface area (Å²) in [4.78, 5) is 0. The second kappa shape index (κ2) is 7.63. The van der Waals surface area contributed by atoms with Crippen molar-refractivity contribution in [1.29, 1.82) is 0 Å². The molecule has 0 bridgehead atoms. The standard InChI is InChI=1S/C18H29F7O3Si/c1-14(2,3)29(4,5)28-13(16(19,20)17(21,22)18(23,24)25)12-6-8-15(9-7-12)26-10-11-27-15/h12-13H,6-11H2,1-5H3. The molecule has 2 rings (SSSR count). The molecule has 2 aliphatic rings. The van der Waals surface area contributed by atoms with E-state index in [0.29, 0.717) is 13.2 Å². The number of halogens is 7. The fraction of sp³-hybridized carbons (Fsp3) is 1.00. The molecule has 1 unspecified atom stereocenters. The van der Waals surface area contributed by atoms with Crippen LogP contribution >= 0.6 is 0 Å². The maximum atomic E-state index is 14.8. The summed E-state index contributed by atoms with van der Waals surface area (Å²) in [6.07, 6.45) is -8.77. The molecule has 0 aromatic carbocycles. The van der Waals surface area contributed by atoms with E-state index in [1.807, 2.05) is 0 Å². The van der Waals surface area contributed by atoms with Gasteiger partial charge in [-0.2, -0.15) is 30.7 Å². The molecular weight excluding hydrogens is 425 g/mol. The fourth-order valence-electron chi connectivity index (χ4n) is 3.50. The highest BCUT2D eigenvalue weighted by atomic mass is 28.4. The summed E-state index contributed by atoms with van der Waals surface area (Å²) < 4.78 is 112. The van der Waals surface area contributed by atoms with Crippen LogP contribution < -0.4 is 0 Å². The Kier molecular flexibility index (Phi) is 6.54. The van der Waals surface area contributed by atoms with Crippen molar-refractivity contribution in [3.05, 3.63) is 0 Å². The van der Waals surface area contributed by atoms with Gasteiger partial charge in [-0.1, -0.05) is 20.8 Å². The summed E-state index contributed by atoms with van der Waals surface area (Å²) in [5.74, 6) is -13.7. The SMILES string of the molecule is CC(C)(C)[Si](C)(C)OC(C1CCC2(CC1)OCCO2)C(F)(F)C(F)(F)C(F)(F)F. The van der Waals surface area contributed by atoms with Crippen LogP contribution in [0.5, 0.6) is 0 Å². The smallest absolute Gasteiger partial charge is 0.407 e. The lowest BCUT2D eigenvalue weighted by Gasteiger charge is -2.47. The summed E-state index contributed by atoms with van der Waals surface area (Å²) in [7, 11) is -3.08. The lowest BCUT2D eigenvalue weighted by molar-refractivity contribution is -0.374. The molecule has 1 atom stereocenters. The minimum Gasteiger partial charge on any atom is -0.407 e. The minimum absolute atomic E-state index is 0.0528. The van der Waals surface area contributed by atoms with Crippen LogP contribution in [0.1, 0.15) is 46.5 Å². The van der Waals surface area contributed by atoms with Crippen LogP contribution in [-0.4, -0.2) is 51.4 Å². The molecule has 1 saturated carbocycles. The van der Waals surface area contributed by atoms with Crippen molar-refractivity contribution in [2.45, 2.75) is 94.5 Å². The first-order valence-electron chi connectivity index (χ1n) is 9.64. The lowest BCUT2D eigenvalue weighted by atomic mass is 9.79. The van der Waals surface area contributed by atoms with Gasteiger partial charge in [0.05, 0.1) is 13.2 Å². The van der Waals surface area contributed by atoms with E-state index >= 15 is 0 Å². The summed E-state index contributed by atoms with van der Waals surface area (Å²) in [6.45, 7) is 8.86. The van der Waals surface area contributed by atoms with Crippen LogP contribution in [0.3, 0.4) is 0 Å². The molecule has 0 aromatic rings. The third-order valence-corrected chi connectivity index (χ3v) is 10.8. The van der Waals surface area contributed by atoms with E-state index in [0.717, 1.165) is 0 Å². The van der Waals surface area contributed by atoms with Crippen molar-refractivity contribution < 1.29 is 44.6 Å². The molecule has 1 spiro atoms. The largest absolute Gasteiger partial charge is 0.459 e. The molecule has 1 heterocycles. The highest BCUT2D eigenvalue weighted by Gasteiger charge is 2.76. The molecule has 11 heteroatoms. The first kappa shape index (κ1) is 24.9. The van der Waals surface area contributed by atoms with Gasteiger partial charge in [0.25, 0.3) is 0 Å². The average molecular weight is 454 g/mol. The van der Waals surface area contributed by atoms with Crippen molar-refractivity contribution in [2.75, 3.05) is 13.2 Å². The van der Waals surface area contributed by atoms with Gasteiger partial charge in [-0.05, 0) is 36.9 Å². The quantitative estimate of drug-likeness (QED) is 0.369. The molecule has 1 aliphatic carbocycles. The minimum atomic E-state index is -6.39. The van der Waals surface area contributed by atoms with Gasteiger partial charge in [0, 0.05) is 12.8 Å². The van der Waals surface area contributed by atoms with Crippen molar-refractivity contribution >= 4 is 8.32 Å². The Labute approximate surface area is 167 Å². The third-order valence-electron chi connectivity index (χ3n) is 6.39. The number of ether oxygens (including phenoxy) is 2. The Hall–Kier alpha value is -0.393. The Balaban J connectivity index is 2.36. The van der Waals surface area contributed by atoms with E-state index < -0.39 is 49.2 Å². The molecule has 0 N–H and O–H groups in total. The highest BCUT2D eigenvalue weighted by Crippen LogP contribution is 2.54. The maximum absolute atomic E-state index is 14.8. The van der Waals surface area contributed by atoms with Gasteiger partial charge in [-0.25, -0.2) is 0 Å². The van der Waals surface area contributed by atoms with Crippen LogP contribution in [0.25, 0.3) is 0 Å². The van der Waals surface area contributed by atoms with Crippen molar-refractivity contribution in [2.24, 2.45) is 5.92 Å². The van der Waals surface area contributed by atoms with Crippen molar-refractivity contribution in [3.8, 4) is 0 Å². The Morgan fingerprint density at radius 2 is 1.34 bits per heavy atom. The average Bonchev–Trinajstić information content (AvgIpc) is 2.99. The Morgan fingerprint density at radius 1 is 0.897 bits per heavy atom. The van der Waals surface area contributed by atoms with E-state index in [1.54, 1.807) is 33.9 Å². The summed E-state index contributed by atoms with van der Waals surface area (Å²) in [5, 5.41) is -0.650. The first-order valence-corrected chi connectivity index (χ1v) is 12.6. The summed E-state index contributed by atoms with van der Waals surface area (Å²) >= 11 is 0. The molecule has 0 amide bonds. The molecule has 0 aromatic heterocycles. The Bertz CT molecular complexity index is 571. The lowest BCUT2D eigenvalue weighted by Crippen LogP contribution is -2.63. The predicted octanol–water partition coefficient (Wildman–Crippen LogP) is 6.14. The van der Waals surface area contributed by atoms with Crippen LogP contribution in [-0.2, 0) is 13.9 Å². The second-order valence-electron chi connectivity index (χ2n) is 9.44. The van der Waals surface area contributed by atoms with Crippen LogP contribution in [0, 0.1) is 5.92 Å². The number of rotatable bonds is 5. The predicted molar refractivity (Wildman–Crippen MR) is 94.6 cm³/mol. The number of alkyl halides is 7. The zero-order valence-electron chi connectivity index (χ0n) is 17.3. The third kappa shape index (κ3) is 4.62. The van der Waals surface area contributed by atoms with Gasteiger partial charge in [0.2, 0.25) is 0 Å². The number of hydrogen-bond donors (Lipinski definition) is 0. The normalized spacial score (nSPS) is 23.6. The van der Waals surface area contributed by atoms with Gasteiger partial charge in [-0.15, -0.1) is 0 Å². The van der Waals surface area contributed by atoms with Gasteiger partial charge in [-0.3, -0.25) is 0 Å². The molecule has 0 radical (unpaired) electrons. The van der Waals surface area contributed by atoms with E-state index in [1.165, 1.54) is 0 Å². The molecule has 29 heavy (non-hydrogen) atoms. The molecule has 1 saturated heterocycles. The monoisotopic (exact) mass is 454 g/mol. The fourth-order valence-corrected chi connectivity index (χ4v) is 4.83. The maximum Gasteiger partial charge on any atom is 0.459 e. The van der Waals surface area contributed by atoms with E-state index in [4.69, 9.17) is 13.9 Å². The van der Waals surface area contributed by atoms with Crippen molar-refractivity contribution in [1.82, 2.24) is 0 Å². The topological polar surface area (TPSA) is 27.7 Å². The first-order chi connectivity index (χ1) is 12.9. The zero-order valence-corrected chi connectivity index (χ0v) is 18.3. The molecular formula is C18H29F7O3Si. The second-order valence-corrected chi connectivity index (χ2v) is 14.2. The molecule has 2 fully saturated rings.